The fraction of sp³-hybridized carbons (Fsp3) is 0.750. The summed E-state index contributed by atoms with van der Waals surface area (Å²) in [4.78, 5) is 20.9. The van der Waals surface area contributed by atoms with E-state index in [2.05, 4.69) is 5.32 Å². The molecule has 0 saturated heterocycles. The fourth-order valence-electron chi connectivity index (χ4n) is 1.49. The molecule has 0 heterocycles. The monoisotopic (exact) mass is 171 g/mol. The Kier molecular flexibility index (Phi) is 2.68. The van der Waals surface area contributed by atoms with Gasteiger partial charge in [0.2, 0.25) is 5.91 Å². The first-order valence-corrected chi connectivity index (χ1v) is 4.08. The molecule has 0 aromatic carbocycles. The molecule has 4 nitrogen and oxygen atoms in total. The van der Waals surface area contributed by atoms with Gasteiger partial charge in [0.25, 0.3) is 0 Å². The highest BCUT2D eigenvalue weighted by molar-refractivity contribution is 5.73. The van der Waals surface area contributed by atoms with Crippen LogP contribution in [0.3, 0.4) is 0 Å². The van der Waals surface area contributed by atoms with Gasteiger partial charge in [0, 0.05) is 13.0 Å². The summed E-state index contributed by atoms with van der Waals surface area (Å²) in [7, 11) is 0. The molecule has 1 amide bonds. The van der Waals surface area contributed by atoms with E-state index in [4.69, 9.17) is 5.11 Å². The Labute approximate surface area is 71.0 Å². The highest BCUT2D eigenvalue weighted by Gasteiger charge is 2.32. The van der Waals surface area contributed by atoms with Crippen LogP contribution in [0, 0.1) is 5.92 Å². The Morgan fingerprint density at radius 3 is 2.50 bits per heavy atom. The van der Waals surface area contributed by atoms with Gasteiger partial charge in [-0.2, -0.15) is 0 Å². The molecule has 1 aliphatic rings. The normalized spacial score (nSPS) is 27.4. The maximum Gasteiger partial charge on any atom is 0.303 e. The van der Waals surface area contributed by atoms with E-state index in [1.54, 1.807) is 0 Å². The lowest BCUT2D eigenvalue weighted by atomic mass is 9.77. The van der Waals surface area contributed by atoms with Crippen molar-refractivity contribution < 1.29 is 14.7 Å². The van der Waals surface area contributed by atoms with Gasteiger partial charge >= 0.3 is 5.97 Å². The van der Waals surface area contributed by atoms with Crippen LogP contribution in [0.2, 0.25) is 0 Å². The summed E-state index contributed by atoms with van der Waals surface area (Å²) in [6, 6.07) is 0.0959. The molecular weight excluding hydrogens is 158 g/mol. The molecule has 2 N–H and O–H groups in total. The average Bonchev–Trinajstić information content (AvgIpc) is 1.93. The van der Waals surface area contributed by atoms with Crippen LogP contribution >= 0.6 is 0 Å². The van der Waals surface area contributed by atoms with Crippen LogP contribution in [0.15, 0.2) is 0 Å². The lowest BCUT2D eigenvalue weighted by molar-refractivity contribution is -0.139. The number of carbonyl (C=O) groups is 2. The summed E-state index contributed by atoms with van der Waals surface area (Å²) in [5.41, 5.74) is 0. The van der Waals surface area contributed by atoms with Gasteiger partial charge in [-0.05, 0) is 18.8 Å². The van der Waals surface area contributed by atoms with Crippen molar-refractivity contribution in [2.75, 3.05) is 0 Å². The summed E-state index contributed by atoms with van der Waals surface area (Å²) in [6.07, 6.45) is 2.00. The number of hydrogen-bond donors (Lipinski definition) is 2. The predicted molar refractivity (Wildman–Crippen MR) is 42.6 cm³/mol. The van der Waals surface area contributed by atoms with Crippen LogP contribution in [0.25, 0.3) is 0 Å². The molecule has 0 aliphatic heterocycles. The number of carboxylic acid groups (broad SMARTS) is 1. The molecule has 0 spiro atoms. The molecular formula is C8H13NO3. The molecule has 1 rings (SSSR count). The van der Waals surface area contributed by atoms with Crippen molar-refractivity contribution in [2.24, 2.45) is 5.92 Å². The number of carbonyl (C=O) groups excluding carboxylic acids is 1. The van der Waals surface area contributed by atoms with Crippen molar-refractivity contribution in [3.05, 3.63) is 0 Å². The maximum atomic E-state index is 10.6. The van der Waals surface area contributed by atoms with Crippen molar-refractivity contribution in [1.82, 2.24) is 5.32 Å². The van der Waals surface area contributed by atoms with Gasteiger partial charge in [-0.15, -0.1) is 0 Å². The number of amides is 1. The standard InChI is InChI=1S/C8H13NO3/c1-5(10)9-7-3-2-6(7)4-8(11)12/h6-7H,2-4H2,1H3,(H,9,10)(H,11,12)/t6-,7-/m1/s1. The Balaban J connectivity index is 2.29. The van der Waals surface area contributed by atoms with Crippen LogP contribution < -0.4 is 5.32 Å². The van der Waals surface area contributed by atoms with E-state index in [0.717, 1.165) is 12.8 Å². The minimum Gasteiger partial charge on any atom is -0.481 e. The van der Waals surface area contributed by atoms with E-state index in [1.165, 1.54) is 6.92 Å². The molecule has 0 aromatic heterocycles. The van der Waals surface area contributed by atoms with Crippen molar-refractivity contribution in [3.63, 3.8) is 0 Å². The second-order valence-corrected chi connectivity index (χ2v) is 3.24. The highest BCUT2D eigenvalue weighted by Crippen LogP contribution is 2.30. The van der Waals surface area contributed by atoms with Gasteiger partial charge in [-0.25, -0.2) is 0 Å². The summed E-state index contributed by atoms with van der Waals surface area (Å²) >= 11 is 0. The molecule has 0 unspecified atom stereocenters. The van der Waals surface area contributed by atoms with E-state index < -0.39 is 5.97 Å². The second-order valence-electron chi connectivity index (χ2n) is 3.24. The lowest BCUT2D eigenvalue weighted by Crippen LogP contribution is -2.46. The Hall–Kier alpha value is -1.06. The first-order valence-electron chi connectivity index (χ1n) is 4.08. The van der Waals surface area contributed by atoms with E-state index in [0.29, 0.717) is 0 Å². The van der Waals surface area contributed by atoms with Gasteiger partial charge in [-0.1, -0.05) is 0 Å². The van der Waals surface area contributed by atoms with Gasteiger partial charge < -0.3 is 10.4 Å². The number of rotatable bonds is 3. The van der Waals surface area contributed by atoms with Crippen molar-refractivity contribution in [3.8, 4) is 0 Å². The largest absolute Gasteiger partial charge is 0.481 e. The summed E-state index contributed by atoms with van der Waals surface area (Å²) in [6.45, 7) is 1.45. The van der Waals surface area contributed by atoms with Gasteiger partial charge in [-0.3, -0.25) is 9.59 Å². The molecule has 0 radical (unpaired) electrons. The van der Waals surface area contributed by atoms with E-state index in [1.807, 2.05) is 0 Å². The number of nitrogens with one attached hydrogen (secondary N) is 1. The molecule has 68 valence electrons. The third-order valence-electron chi connectivity index (χ3n) is 2.24. The van der Waals surface area contributed by atoms with Crippen LogP contribution in [-0.4, -0.2) is 23.0 Å². The molecule has 4 heteroatoms. The molecule has 2 atom stereocenters. The number of hydrogen-bond acceptors (Lipinski definition) is 2. The third kappa shape index (κ3) is 2.22. The molecule has 0 bridgehead atoms. The third-order valence-corrected chi connectivity index (χ3v) is 2.24. The van der Waals surface area contributed by atoms with E-state index in [-0.39, 0.29) is 24.3 Å². The smallest absolute Gasteiger partial charge is 0.303 e. The quantitative estimate of drug-likeness (QED) is 0.645. The number of carboxylic acids is 1. The molecule has 1 saturated carbocycles. The average molecular weight is 171 g/mol. The predicted octanol–water partition coefficient (Wildman–Crippen LogP) is 0.376. The van der Waals surface area contributed by atoms with Crippen LogP contribution in [0.4, 0.5) is 0 Å². The van der Waals surface area contributed by atoms with Gasteiger partial charge in [0.1, 0.15) is 0 Å². The summed E-state index contributed by atoms with van der Waals surface area (Å²) in [5, 5.41) is 11.2. The molecule has 1 fully saturated rings. The van der Waals surface area contributed by atoms with Crippen LogP contribution in [0.1, 0.15) is 26.2 Å². The zero-order valence-electron chi connectivity index (χ0n) is 7.04. The Morgan fingerprint density at radius 2 is 2.17 bits per heavy atom. The van der Waals surface area contributed by atoms with Crippen LogP contribution in [0.5, 0.6) is 0 Å². The highest BCUT2D eigenvalue weighted by atomic mass is 16.4. The van der Waals surface area contributed by atoms with Crippen LogP contribution in [-0.2, 0) is 9.59 Å². The first-order chi connectivity index (χ1) is 5.59. The first kappa shape index (κ1) is 9.03. The zero-order chi connectivity index (χ0) is 9.14. The summed E-state index contributed by atoms with van der Waals surface area (Å²) < 4.78 is 0. The Bertz CT molecular complexity index is 180. The fourth-order valence-corrected chi connectivity index (χ4v) is 1.49. The van der Waals surface area contributed by atoms with Crippen molar-refractivity contribution >= 4 is 11.9 Å². The molecule has 12 heavy (non-hydrogen) atoms. The zero-order valence-corrected chi connectivity index (χ0v) is 7.04. The number of aliphatic carboxylic acids is 1. The van der Waals surface area contributed by atoms with Crippen molar-refractivity contribution in [1.29, 1.82) is 0 Å². The minimum atomic E-state index is -0.782. The maximum absolute atomic E-state index is 10.6. The van der Waals surface area contributed by atoms with Crippen molar-refractivity contribution in [2.45, 2.75) is 32.2 Å². The van der Waals surface area contributed by atoms with E-state index >= 15 is 0 Å². The molecule has 1 aliphatic carbocycles. The summed E-state index contributed by atoms with van der Waals surface area (Å²) in [5.74, 6) is -0.712. The van der Waals surface area contributed by atoms with Gasteiger partial charge in [0.05, 0.1) is 6.42 Å². The topological polar surface area (TPSA) is 66.4 Å². The second kappa shape index (κ2) is 3.56. The van der Waals surface area contributed by atoms with Gasteiger partial charge in [0.15, 0.2) is 0 Å². The van der Waals surface area contributed by atoms with E-state index in [9.17, 15) is 9.59 Å². The molecule has 0 aromatic rings. The Morgan fingerprint density at radius 1 is 1.50 bits per heavy atom. The minimum absolute atomic E-state index is 0.0740. The lowest BCUT2D eigenvalue weighted by Gasteiger charge is -2.35. The SMILES string of the molecule is CC(=O)N[C@@H]1CC[C@@H]1CC(=O)O.